The molecule has 1 heterocycles. The lowest BCUT2D eigenvalue weighted by Gasteiger charge is -2.17. The van der Waals surface area contributed by atoms with Crippen LogP contribution in [0.25, 0.3) is 0 Å². The lowest BCUT2D eigenvalue weighted by molar-refractivity contribution is 0.456. The number of rotatable bonds is 4. The second kappa shape index (κ2) is 5.79. The predicted molar refractivity (Wildman–Crippen MR) is 76.3 cm³/mol. The van der Waals surface area contributed by atoms with Crippen LogP contribution in [0.3, 0.4) is 0 Å². The van der Waals surface area contributed by atoms with Crippen molar-refractivity contribution in [3.63, 3.8) is 0 Å². The van der Waals surface area contributed by atoms with Crippen molar-refractivity contribution in [1.29, 1.82) is 0 Å². The minimum Gasteiger partial charge on any atom is -0.316 e. The van der Waals surface area contributed by atoms with Crippen molar-refractivity contribution in [2.75, 3.05) is 20.1 Å². The third-order valence-corrected chi connectivity index (χ3v) is 5.81. The third-order valence-electron chi connectivity index (χ3n) is 3.95. The van der Waals surface area contributed by atoms with Crippen LogP contribution in [0.4, 0.5) is 4.39 Å². The number of nitrogens with zero attached hydrogens (tertiary/aromatic N) is 1. The summed E-state index contributed by atoms with van der Waals surface area (Å²) in [7, 11) is -1.97. The molecule has 0 amide bonds. The number of sulfonamides is 1. The van der Waals surface area contributed by atoms with Crippen LogP contribution in [0.5, 0.6) is 0 Å². The van der Waals surface area contributed by atoms with Gasteiger partial charge in [0.15, 0.2) is 0 Å². The Labute approximate surface area is 120 Å². The van der Waals surface area contributed by atoms with Crippen LogP contribution < -0.4 is 5.32 Å². The average Bonchev–Trinajstić information content (AvgIpc) is 2.70. The molecule has 2 atom stereocenters. The van der Waals surface area contributed by atoms with Gasteiger partial charge in [0, 0.05) is 19.6 Å². The average molecular weight is 300 g/mol. The molecule has 1 N–H and O–H groups in total. The van der Waals surface area contributed by atoms with E-state index in [1.165, 1.54) is 16.4 Å². The van der Waals surface area contributed by atoms with E-state index >= 15 is 0 Å². The molecule has 0 bridgehead atoms. The van der Waals surface area contributed by atoms with E-state index < -0.39 is 15.8 Å². The largest absolute Gasteiger partial charge is 0.316 e. The first-order chi connectivity index (χ1) is 9.36. The Morgan fingerprint density at radius 2 is 1.90 bits per heavy atom. The first-order valence-electron chi connectivity index (χ1n) is 6.79. The molecule has 1 aliphatic heterocycles. The highest BCUT2D eigenvalue weighted by molar-refractivity contribution is 7.89. The van der Waals surface area contributed by atoms with Crippen LogP contribution in [0, 0.1) is 17.7 Å². The van der Waals surface area contributed by atoms with E-state index in [1.807, 2.05) is 13.8 Å². The molecule has 2 unspecified atom stereocenters. The van der Waals surface area contributed by atoms with Crippen molar-refractivity contribution in [2.45, 2.75) is 25.3 Å². The monoisotopic (exact) mass is 300 g/mol. The highest BCUT2D eigenvalue weighted by Gasteiger charge is 2.36. The summed E-state index contributed by atoms with van der Waals surface area (Å²) in [5.41, 5.74) is 0.729. The predicted octanol–water partition coefficient (Wildman–Crippen LogP) is 1.82. The first-order valence-corrected chi connectivity index (χ1v) is 8.23. The number of halogens is 1. The molecule has 1 saturated heterocycles. The number of hydrogen-bond donors (Lipinski definition) is 1. The van der Waals surface area contributed by atoms with Crippen LogP contribution in [-0.2, 0) is 16.6 Å². The maximum Gasteiger partial charge on any atom is 0.246 e. The molecular formula is C14H21FN2O2S. The lowest BCUT2D eigenvalue weighted by atomic mass is 10.0. The van der Waals surface area contributed by atoms with Crippen molar-refractivity contribution < 1.29 is 12.8 Å². The lowest BCUT2D eigenvalue weighted by Crippen LogP contribution is -2.29. The zero-order valence-electron chi connectivity index (χ0n) is 12.1. The maximum absolute atomic E-state index is 14.1. The van der Waals surface area contributed by atoms with Crippen LogP contribution in [0.1, 0.15) is 19.4 Å². The van der Waals surface area contributed by atoms with E-state index in [2.05, 4.69) is 5.32 Å². The summed E-state index contributed by atoms with van der Waals surface area (Å²) in [6, 6.07) is 4.30. The molecule has 112 valence electrons. The smallest absolute Gasteiger partial charge is 0.246 e. The Hall–Kier alpha value is -0.980. The summed E-state index contributed by atoms with van der Waals surface area (Å²) in [5, 5.41) is 2.91. The molecule has 1 aromatic carbocycles. The van der Waals surface area contributed by atoms with E-state index in [-0.39, 0.29) is 4.90 Å². The minimum absolute atomic E-state index is 0.223. The quantitative estimate of drug-likeness (QED) is 0.923. The Bertz CT molecular complexity index is 579. The Balaban J connectivity index is 2.31. The molecule has 0 saturated carbocycles. The SMILES string of the molecule is CNCc1ccc(S(=O)(=O)N2CC(C)C(C)C2)c(F)c1. The zero-order valence-corrected chi connectivity index (χ0v) is 12.9. The van der Waals surface area contributed by atoms with Crippen molar-refractivity contribution in [3.8, 4) is 0 Å². The van der Waals surface area contributed by atoms with E-state index in [0.29, 0.717) is 31.5 Å². The Morgan fingerprint density at radius 3 is 2.40 bits per heavy atom. The molecule has 0 spiro atoms. The molecule has 20 heavy (non-hydrogen) atoms. The van der Waals surface area contributed by atoms with Gasteiger partial charge in [0.05, 0.1) is 0 Å². The summed E-state index contributed by atoms with van der Waals surface area (Å²) in [6.07, 6.45) is 0. The van der Waals surface area contributed by atoms with E-state index in [4.69, 9.17) is 0 Å². The topological polar surface area (TPSA) is 49.4 Å². The van der Waals surface area contributed by atoms with Gasteiger partial charge < -0.3 is 5.32 Å². The summed E-state index contributed by atoms with van der Waals surface area (Å²) >= 11 is 0. The van der Waals surface area contributed by atoms with Gasteiger partial charge in [0.25, 0.3) is 0 Å². The number of benzene rings is 1. The highest BCUT2D eigenvalue weighted by Crippen LogP contribution is 2.29. The van der Waals surface area contributed by atoms with Gasteiger partial charge in [0.1, 0.15) is 10.7 Å². The van der Waals surface area contributed by atoms with Gasteiger partial charge in [-0.15, -0.1) is 0 Å². The van der Waals surface area contributed by atoms with Gasteiger partial charge >= 0.3 is 0 Å². The first kappa shape index (κ1) is 15.4. The van der Waals surface area contributed by atoms with E-state index in [1.54, 1.807) is 13.1 Å². The van der Waals surface area contributed by atoms with Crippen LogP contribution >= 0.6 is 0 Å². The number of hydrogen-bond acceptors (Lipinski definition) is 3. The number of nitrogens with one attached hydrogen (secondary N) is 1. The molecule has 0 aliphatic carbocycles. The maximum atomic E-state index is 14.1. The van der Waals surface area contributed by atoms with Gasteiger partial charge in [-0.2, -0.15) is 4.31 Å². The van der Waals surface area contributed by atoms with Crippen molar-refractivity contribution in [2.24, 2.45) is 11.8 Å². The van der Waals surface area contributed by atoms with Gasteiger partial charge in [0.2, 0.25) is 10.0 Å². The van der Waals surface area contributed by atoms with Gasteiger partial charge in [-0.3, -0.25) is 0 Å². The third kappa shape index (κ3) is 2.87. The van der Waals surface area contributed by atoms with Crippen molar-refractivity contribution in [3.05, 3.63) is 29.6 Å². The zero-order chi connectivity index (χ0) is 14.9. The highest BCUT2D eigenvalue weighted by atomic mass is 32.2. The second-order valence-electron chi connectivity index (χ2n) is 5.57. The second-order valence-corrected chi connectivity index (χ2v) is 7.48. The van der Waals surface area contributed by atoms with Crippen molar-refractivity contribution >= 4 is 10.0 Å². The van der Waals surface area contributed by atoms with Gasteiger partial charge in [-0.05, 0) is 36.6 Å². The van der Waals surface area contributed by atoms with E-state index in [9.17, 15) is 12.8 Å². The standard InChI is InChI=1S/C14H21FN2O2S/c1-10-8-17(9-11(10)2)20(18,19)14-5-4-12(7-16-3)6-13(14)15/h4-6,10-11,16H,7-9H2,1-3H3. The molecule has 6 heteroatoms. The van der Waals surface area contributed by atoms with Crippen molar-refractivity contribution in [1.82, 2.24) is 9.62 Å². The Morgan fingerprint density at radius 1 is 1.30 bits per heavy atom. The molecular weight excluding hydrogens is 279 g/mol. The minimum atomic E-state index is -3.73. The summed E-state index contributed by atoms with van der Waals surface area (Å²) in [5.74, 6) is -0.0715. The fourth-order valence-electron chi connectivity index (χ4n) is 2.48. The molecule has 2 rings (SSSR count). The summed E-state index contributed by atoms with van der Waals surface area (Å²) < 4.78 is 40.4. The van der Waals surface area contributed by atoms with Crippen LogP contribution in [-0.4, -0.2) is 32.9 Å². The molecule has 1 fully saturated rings. The Kier molecular flexibility index (Phi) is 4.46. The summed E-state index contributed by atoms with van der Waals surface area (Å²) in [4.78, 5) is -0.223. The van der Waals surface area contributed by atoms with Gasteiger partial charge in [-0.1, -0.05) is 19.9 Å². The van der Waals surface area contributed by atoms with Crippen LogP contribution in [0.2, 0.25) is 0 Å². The van der Waals surface area contributed by atoms with E-state index in [0.717, 1.165) is 5.56 Å². The fraction of sp³-hybridized carbons (Fsp3) is 0.571. The fourth-order valence-corrected chi connectivity index (χ4v) is 4.17. The van der Waals surface area contributed by atoms with Crippen LogP contribution in [0.15, 0.2) is 23.1 Å². The molecule has 1 aromatic rings. The molecule has 0 radical (unpaired) electrons. The van der Waals surface area contributed by atoms with Gasteiger partial charge in [-0.25, -0.2) is 12.8 Å². The summed E-state index contributed by atoms with van der Waals surface area (Å²) in [6.45, 7) is 5.47. The normalized spacial score (nSPS) is 24.2. The molecule has 0 aromatic heterocycles. The molecule has 4 nitrogen and oxygen atoms in total. The molecule has 1 aliphatic rings.